The lowest BCUT2D eigenvalue weighted by Gasteiger charge is -2.35. The normalized spacial score (nSPS) is 15.1. The van der Waals surface area contributed by atoms with Crippen LogP contribution in [-0.2, 0) is 0 Å². The van der Waals surface area contributed by atoms with Crippen LogP contribution >= 0.6 is 0 Å². The van der Waals surface area contributed by atoms with Crippen LogP contribution in [0.5, 0.6) is 0 Å². The minimum absolute atomic E-state index is 0.211. The highest BCUT2D eigenvalue weighted by Gasteiger charge is 2.26. The minimum atomic E-state index is -0.661. The van der Waals surface area contributed by atoms with E-state index in [1.54, 1.807) is 25.3 Å². The second-order valence-corrected chi connectivity index (χ2v) is 9.89. The number of piperazine rings is 1. The topological polar surface area (TPSA) is 123 Å². The molecule has 5 rings (SSSR count). The van der Waals surface area contributed by atoms with Gasteiger partial charge in [-0.25, -0.2) is 4.39 Å². The number of hydrogen-bond donors (Lipinski definition) is 4. The molecule has 0 aliphatic carbocycles. The molecule has 2 aromatic carbocycles. The number of carbonyl (C=O) groups is 1. The van der Waals surface area contributed by atoms with Crippen LogP contribution in [0.1, 0.15) is 22.8 Å². The highest BCUT2D eigenvalue weighted by atomic mass is 19.1. The third-order valence-corrected chi connectivity index (χ3v) is 7.03. The fourth-order valence-electron chi connectivity index (χ4n) is 4.98. The molecular formula is C28H32FN7O2. The number of likely N-dealkylation sites (N-methyl/N-ethyl adjacent to an activating group) is 1. The molecule has 9 nitrogen and oxygen atoms in total. The van der Waals surface area contributed by atoms with Crippen molar-refractivity contribution in [1.29, 1.82) is 0 Å². The van der Waals surface area contributed by atoms with E-state index < -0.39 is 12.0 Å². The summed E-state index contributed by atoms with van der Waals surface area (Å²) in [6, 6.07) is 10.4. The number of nitrogens with two attached hydrogens (primary N) is 1. The molecule has 2 aromatic heterocycles. The maximum atomic E-state index is 14.8. The van der Waals surface area contributed by atoms with E-state index in [0.717, 1.165) is 42.8 Å². The average Bonchev–Trinajstić information content (AvgIpc) is 3.30. The molecule has 5 N–H and O–H groups in total. The number of halogens is 1. The molecule has 1 amide bonds. The Labute approximate surface area is 220 Å². The van der Waals surface area contributed by atoms with E-state index in [9.17, 15) is 14.3 Å². The van der Waals surface area contributed by atoms with E-state index in [0.29, 0.717) is 39.3 Å². The number of rotatable bonds is 7. The van der Waals surface area contributed by atoms with E-state index in [4.69, 9.17) is 5.73 Å². The van der Waals surface area contributed by atoms with Crippen LogP contribution in [0.3, 0.4) is 0 Å². The minimum Gasteiger partial charge on any atom is -0.392 e. The van der Waals surface area contributed by atoms with Crippen LogP contribution in [0.4, 0.5) is 15.8 Å². The first-order valence-corrected chi connectivity index (χ1v) is 12.7. The average molecular weight is 518 g/mol. The number of aromatic amines is 1. The summed E-state index contributed by atoms with van der Waals surface area (Å²) in [5.74, 6) is -0.941. The quantitative estimate of drug-likeness (QED) is 0.296. The molecular weight excluding hydrogens is 485 g/mol. The number of fused-ring (bicyclic) bond motifs is 1. The molecule has 1 saturated heterocycles. The Kier molecular flexibility index (Phi) is 7.00. The fourth-order valence-corrected chi connectivity index (χ4v) is 4.98. The molecule has 0 spiro atoms. The van der Waals surface area contributed by atoms with Crippen LogP contribution in [-0.4, -0.2) is 77.0 Å². The van der Waals surface area contributed by atoms with Crippen molar-refractivity contribution in [3.05, 3.63) is 59.5 Å². The van der Waals surface area contributed by atoms with Gasteiger partial charge in [-0.1, -0.05) is 12.1 Å². The lowest BCUT2D eigenvalue weighted by atomic mass is 9.97. The van der Waals surface area contributed by atoms with Gasteiger partial charge in [0.05, 0.1) is 40.3 Å². The predicted octanol–water partition coefficient (Wildman–Crippen LogP) is 3.38. The number of primary amides is 1. The van der Waals surface area contributed by atoms with Gasteiger partial charge in [0.25, 0.3) is 5.91 Å². The van der Waals surface area contributed by atoms with E-state index >= 15 is 0 Å². The van der Waals surface area contributed by atoms with E-state index in [1.165, 1.54) is 6.07 Å². The zero-order valence-electron chi connectivity index (χ0n) is 21.8. The number of carbonyl (C=O) groups excluding carboxylic acids is 1. The van der Waals surface area contributed by atoms with Crippen molar-refractivity contribution in [2.45, 2.75) is 20.0 Å². The number of benzene rings is 2. The zero-order valence-corrected chi connectivity index (χ0v) is 21.8. The number of hydrogen-bond acceptors (Lipinski definition) is 7. The third-order valence-electron chi connectivity index (χ3n) is 7.03. The largest absolute Gasteiger partial charge is 0.392 e. The van der Waals surface area contributed by atoms with Crippen molar-refractivity contribution in [2.75, 3.05) is 50.0 Å². The molecule has 4 aromatic rings. The number of nitrogens with zero attached hydrogens (tertiary/aromatic N) is 4. The van der Waals surface area contributed by atoms with Gasteiger partial charge in [0.15, 0.2) is 0 Å². The molecule has 1 atom stereocenters. The zero-order chi connectivity index (χ0) is 27.0. The number of aryl methyl sites for hydroxylation is 1. The van der Waals surface area contributed by atoms with E-state index in [2.05, 4.69) is 37.3 Å². The number of amides is 1. The van der Waals surface area contributed by atoms with E-state index in [-0.39, 0.29) is 12.4 Å². The second kappa shape index (κ2) is 10.4. The Bertz CT molecular complexity index is 1470. The summed E-state index contributed by atoms with van der Waals surface area (Å²) in [4.78, 5) is 21.5. The van der Waals surface area contributed by atoms with Crippen molar-refractivity contribution in [1.82, 2.24) is 20.1 Å². The number of aliphatic hydroxyl groups excluding tert-OH is 1. The molecule has 198 valence electrons. The smallest absolute Gasteiger partial charge is 0.250 e. The molecule has 0 saturated carbocycles. The molecule has 0 bridgehead atoms. The third kappa shape index (κ3) is 4.80. The maximum absolute atomic E-state index is 14.8. The maximum Gasteiger partial charge on any atom is 0.250 e. The lowest BCUT2D eigenvalue weighted by Crippen LogP contribution is -2.44. The van der Waals surface area contributed by atoms with Gasteiger partial charge in [-0.3, -0.25) is 14.9 Å². The Morgan fingerprint density at radius 3 is 2.66 bits per heavy atom. The van der Waals surface area contributed by atoms with Gasteiger partial charge in [0, 0.05) is 49.4 Å². The van der Waals surface area contributed by atoms with Crippen LogP contribution in [0.2, 0.25) is 0 Å². The van der Waals surface area contributed by atoms with Gasteiger partial charge in [0.2, 0.25) is 0 Å². The highest BCUT2D eigenvalue weighted by molar-refractivity contribution is 6.08. The highest BCUT2D eigenvalue weighted by Crippen LogP contribution is 2.42. The number of pyridine rings is 1. The van der Waals surface area contributed by atoms with Gasteiger partial charge >= 0.3 is 0 Å². The number of aliphatic hydroxyl groups is 1. The number of nitrogens with one attached hydrogen (secondary N) is 2. The van der Waals surface area contributed by atoms with Crippen molar-refractivity contribution in [2.24, 2.45) is 5.73 Å². The number of anilines is 2. The first kappa shape index (κ1) is 25.6. The van der Waals surface area contributed by atoms with Gasteiger partial charge in [0.1, 0.15) is 11.5 Å². The van der Waals surface area contributed by atoms with Gasteiger partial charge in [-0.05, 0) is 50.7 Å². The summed E-state index contributed by atoms with van der Waals surface area (Å²) in [6.45, 7) is 7.07. The summed E-state index contributed by atoms with van der Waals surface area (Å²) in [7, 11) is 2.09. The van der Waals surface area contributed by atoms with Gasteiger partial charge < -0.3 is 26.0 Å². The molecule has 1 aliphatic rings. The summed E-state index contributed by atoms with van der Waals surface area (Å²) in [6.07, 6.45) is 0.982. The van der Waals surface area contributed by atoms with Crippen LogP contribution in [0, 0.1) is 12.7 Å². The lowest BCUT2D eigenvalue weighted by molar-refractivity contribution is 0.100. The Morgan fingerprint density at radius 2 is 1.97 bits per heavy atom. The second-order valence-electron chi connectivity index (χ2n) is 9.89. The molecule has 1 unspecified atom stereocenters. The summed E-state index contributed by atoms with van der Waals surface area (Å²) < 4.78 is 14.8. The monoisotopic (exact) mass is 517 g/mol. The summed E-state index contributed by atoms with van der Waals surface area (Å²) in [5.41, 5.74) is 11.1. The molecule has 0 radical (unpaired) electrons. The van der Waals surface area contributed by atoms with Crippen LogP contribution in [0.15, 0.2) is 42.6 Å². The Balaban J connectivity index is 1.76. The van der Waals surface area contributed by atoms with Crippen molar-refractivity contribution in [3.8, 4) is 22.5 Å². The van der Waals surface area contributed by atoms with Crippen molar-refractivity contribution in [3.63, 3.8) is 0 Å². The predicted molar refractivity (Wildman–Crippen MR) is 148 cm³/mol. The van der Waals surface area contributed by atoms with Crippen LogP contribution in [0.25, 0.3) is 33.4 Å². The molecule has 3 heterocycles. The SMILES string of the molecule is Cc1cccc(F)c1-c1cc2c(-c3c(N4CCN(C)CC4)ccc(C(N)=O)c3NCC(C)O)n[nH]c2cn1. The Morgan fingerprint density at radius 1 is 1.21 bits per heavy atom. The summed E-state index contributed by atoms with van der Waals surface area (Å²) >= 11 is 0. The summed E-state index contributed by atoms with van der Waals surface area (Å²) in [5, 5.41) is 21.7. The molecule has 10 heteroatoms. The number of H-pyrrole nitrogens is 1. The number of aromatic nitrogens is 3. The van der Waals surface area contributed by atoms with Crippen LogP contribution < -0.4 is 16.0 Å². The van der Waals surface area contributed by atoms with Gasteiger partial charge in [-0.2, -0.15) is 5.10 Å². The molecule has 1 fully saturated rings. The van der Waals surface area contributed by atoms with Gasteiger partial charge in [-0.15, -0.1) is 0 Å². The Hall–Kier alpha value is -4.02. The molecule has 1 aliphatic heterocycles. The first-order chi connectivity index (χ1) is 18.2. The van der Waals surface area contributed by atoms with Crippen molar-refractivity contribution >= 4 is 28.2 Å². The first-order valence-electron chi connectivity index (χ1n) is 12.7. The van der Waals surface area contributed by atoms with Crippen molar-refractivity contribution < 1.29 is 14.3 Å². The fraction of sp³-hybridized carbons (Fsp3) is 0.321. The van der Waals surface area contributed by atoms with E-state index in [1.807, 2.05) is 25.1 Å². The standard InChI is InChI=1S/C28H32FN7O2/c1-16-5-4-6-20(29)24(16)21-13-19-22(15-31-21)33-34-27(19)25-23(36-11-9-35(3)10-12-36)8-7-18(28(30)38)26(25)32-14-17(2)37/h4-8,13,15,17,32,37H,9-12,14H2,1-3H3,(H2,30,38)(H,33,34). The molecule has 38 heavy (non-hydrogen) atoms.